The summed E-state index contributed by atoms with van der Waals surface area (Å²) in [4.78, 5) is 14.5. The molecule has 27 aromatic rings. The molecule has 126 heavy (non-hydrogen) atoms. The number of rotatable bonds is 11. The van der Waals surface area contributed by atoms with Crippen LogP contribution < -0.4 is 0 Å². The standard InChI is InChI=1S/C60H36N4S2.C55H33N3O2/c1-5-11-56-46(7-1)50-35-42(19-27-58(50)65-56)40-17-25-53-48(33-40)49-34-41(43-20-28-59-51(36-43)47-8-2-6-12-57(47)66-59)18-26-54(49)63(53)44-21-23-45(24-22-44)64-55-10-4-3-9-52(55)62-60(64)39-15-13-37(14-16-39)38-29-31-61-32-30-38;1-2-10-34(11-3-1)55-56-47-14-6-7-15-50(47)58(55)40-24-22-39(23-25-40)57-48-26-18-35(37-20-28-53-45(32-37)41-12-4-8-16-51(41)59-53)30-43(48)44-31-36(19-27-49(44)57)38-21-29-54-46(33-38)42-13-5-9-17-52(42)60-54/h1-36H;1-33H. The normalized spacial score (nSPS) is 12.0. The average molecular weight is 1640 g/mol. The first-order valence-corrected chi connectivity index (χ1v) is 44.1. The second kappa shape index (κ2) is 28.7. The molecule has 0 fully saturated rings. The largest absolute Gasteiger partial charge is 0.456 e. The molecular weight excluding hydrogens is 1580 g/mol. The number of nitrogens with zero attached hydrogens (tertiary/aromatic N) is 7. The molecule has 0 radical (unpaired) electrons. The van der Waals surface area contributed by atoms with Crippen molar-refractivity contribution < 1.29 is 8.83 Å². The van der Waals surface area contributed by atoms with Crippen LogP contribution in [0.15, 0.2) is 428 Å². The zero-order valence-corrected chi connectivity index (χ0v) is 69.2. The van der Waals surface area contributed by atoms with E-state index < -0.39 is 0 Å². The van der Waals surface area contributed by atoms with Gasteiger partial charge in [-0.1, -0.05) is 200 Å². The fourth-order valence-electron chi connectivity index (χ4n) is 19.4. The summed E-state index contributed by atoms with van der Waals surface area (Å²) in [5.74, 6) is 1.83. The van der Waals surface area contributed by atoms with Crippen LogP contribution in [-0.2, 0) is 0 Å². The molecule has 9 aromatic heterocycles. The van der Waals surface area contributed by atoms with Gasteiger partial charge in [0, 0.05) is 130 Å². The highest BCUT2D eigenvalue weighted by Gasteiger charge is 2.24. The smallest absolute Gasteiger partial charge is 0.145 e. The summed E-state index contributed by atoms with van der Waals surface area (Å²) in [6, 6.07) is 147. The zero-order valence-electron chi connectivity index (χ0n) is 67.6. The minimum absolute atomic E-state index is 0.896. The molecule has 11 heteroatoms. The van der Waals surface area contributed by atoms with Gasteiger partial charge < -0.3 is 18.0 Å². The van der Waals surface area contributed by atoms with Crippen LogP contribution in [0.5, 0.6) is 0 Å². The van der Waals surface area contributed by atoms with Crippen molar-refractivity contribution in [2.75, 3.05) is 0 Å². The maximum absolute atomic E-state index is 6.19. The monoisotopic (exact) mass is 1640 g/mol. The molecule has 0 amide bonds. The minimum Gasteiger partial charge on any atom is -0.456 e. The molecule has 0 aliphatic carbocycles. The Morgan fingerprint density at radius 2 is 0.476 bits per heavy atom. The van der Waals surface area contributed by atoms with Crippen LogP contribution >= 0.6 is 22.7 Å². The van der Waals surface area contributed by atoms with Crippen LogP contribution in [0.1, 0.15) is 0 Å². The summed E-state index contributed by atoms with van der Waals surface area (Å²) in [5.41, 5.74) is 30.5. The van der Waals surface area contributed by atoms with E-state index in [1.165, 1.54) is 95.2 Å². The summed E-state index contributed by atoms with van der Waals surface area (Å²) in [6.07, 6.45) is 3.67. The second-order valence-corrected chi connectivity index (χ2v) is 34.7. The Hall–Kier alpha value is -16.3. The Bertz CT molecular complexity index is 8750. The number of aromatic nitrogens is 7. The molecule has 9 heterocycles. The maximum Gasteiger partial charge on any atom is 0.145 e. The van der Waals surface area contributed by atoms with Gasteiger partial charge in [-0.2, -0.15) is 0 Å². The number of furan rings is 2. The topological polar surface area (TPSA) is 84.7 Å². The number of hydrogen-bond donors (Lipinski definition) is 0. The van der Waals surface area contributed by atoms with Crippen LogP contribution in [0.3, 0.4) is 0 Å². The molecule has 588 valence electrons. The summed E-state index contributed by atoms with van der Waals surface area (Å²) in [5, 5.41) is 14.6. The molecule has 18 aromatic carbocycles. The lowest BCUT2D eigenvalue weighted by molar-refractivity contribution is 0.668. The summed E-state index contributed by atoms with van der Waals surface area (Å²) in [7, 11) is 0. The number of fused-ring (bicyclic) bond motifs is 20. The first-order chi connectivity index (χ1) is 62.4. The lowest BCUT2D eigenvalue weighted by Crippen LogP contribution is -1.99. The van der Waals surface area contributed by atoms with E-state index in [4.69, 9.17) is 18.8 Å². The van der Waals surface area contributed by atoms with Crippen LogP contribution in [0.25, 0.3) is 251 Å². The molecule has 0 aliphatic heterocycles. The molecule has 0 unspecified atom stereocenters. The van der Waals surface area contributed by atoms with Gasteiger partial charge in [-0.3, -0.25) is 14.1 Å². The molecule has 0 atom stereocenters. The molecule has 0 saturated carbocycles. The number of pyridine rings is 1. The van der Waals surface area contributed by atoms with Crippen molar-refractivity contribution in [3.63, 3.8) is 0 Å². The van der Waals surface area contributed by atoms with E-state index in [0.29, 0.717) is 0 Å². The molecule has 0 saturated heterocycles. The Kier molecular flexibility index (Phi) is 16.3. The van der Waals surface area contributed by atoms with E-state index in [0.717, 1.165) is 156 Å². The van der Waals surface area contributed by atoms with Gasteiger partial charge in [0.05, 0.1) is 44.1 Å². The van der Waals surface area contributed by atoms with Gasteiger partial charge in [0.2, 0.25) is 0 Å². The lowest BCUT2D eigenvalue weighted by atomic mass is 9.98. The fourth-order valence-corrected chi connectivity index (χ4v) is 21.5. The van der Waals surface area contributed by atoms with Crippen LogP contribution in [0.4, 0.5) is 0 Å². The predicted molar refractivity (Wildman–Crippen MR) is 527 cm³/mol. The average Bonchev–Trinajstić information content (AvgIpc) is 1.58. The van der Waals surface area contributed by atoms with Gasteiger partial charge in [0.15, 0.2) is 0 Å². The van der Waals surface area contributed by atoms with Crippen LogP contribution in [0.2, 0.25) is 0 Å². The fraction of sp³-hybridized carbons (Fsp3) is 0. The summed E-state index contributed by atoms with van der Waals surface area (Å²) >= 11 is 3.72. The van der Waals surface area contributed by atoms with Crippen molar-refractivity contribution in [1.29, 1.82) is 0 Å². The third kappa shape index (κ3) is 11.7. The number of imidazole rings is 2. The van der Waals surface area contributed by atoms with Crippen molar-refractivity contribution in [2.45, 2.75) is 0 Å². The molecule has 9 nitrogen and oxygen atoms in total. The summed E-state index contributed by atoms with van der Waals surface area (Å²) < 4.78 is 27.0. The quantitative estimate of drug-likeness (QED) is 0.129. The highest BCUT2D eigenvalue weighted by atomic mass is 32.1. The second-order valence-electron chi connectivity index (χ2n) is 32.6. The third-order valence-corrected chi connectivity index (χ3v) is 27.7. The van der Waals surface area contributed by atoms with Gasteiger partial charge in [-0.25, -0.2) is 9.97 Å². The Balaban J connectivity index is 0.000000135. The maximum atomic E-state index is 6.19. The van der Waals surface area contributed by atoms with E-state index in [2.05, 4.69) is 381 Å². The molecule has 27 rings (SSSR count). The third-order valence-electron chi connectivity index (χ3n) is 25.4. The Labute approximate surface area is 729 Å². The van der Waals surface area contributed by atoms with Gasteiger partial charge in [-0.05, 0) is 262 Å². The van der Waals surface area contributed by atoms with E-state index in [9.17, 15) is 0 Å². The highest BCUT2D eigenvalue weighted by molar-refractivity contribution is 7.26. The van der Waals surface area contributed by atoms with Gasteiger partial charge in [0.25, 0.3) is 0 Å². The molecule has 0 aliphatic rings. The van der Waals surface area contributed by atoms with E-state index in [-0.39, 0.29) is 0 Å². The number of hydrogen-bond acceptors (Lipinski definition) is 7. The van der Waals surface area contributed by atoms with Crippen molar-refractivity contribution in [2.24, 2.45) is 0 Å². The first-order valence-electron chi connectivity index (χ1n) is 42.5. The van der Waals surface area contributed by atoms with E-state index in [1.807, 2.05) is 83.6 Å². The Morgan fingerprint density at radius 1 is 0.183 bits per heavy atom. The SMILES string of the molecule is c1ccc(-c2nc3ccccc3n2-c2ccc(-n3c4ccc(-c5ccc6oc7ccccc7c6c5)cc4c4cc(-c5ccc6oc7ccccc7c6c5)ccc43)cc2)cc1.c1ccc2c(c1)nc(-c1ccc(-c3ccncc3)cc1)n2-c1ccc(-n2c3ccc(-c4ccc5sc6ccccc6c5c4)cc3c3cc(-c4ccc5sc6ccccc6c5c4)ccc32)cc1. The molecule has 0 spiro atoms. The zero-order chi connectivity index (χ0) is 82.6. The first kappa shape index (κ1) is 71.4. The number of para-hydroxylation sites is 6. The number of thiophene rings is 2. The molecular formula is C115H69N7O2S2. The predicted octanol–water partition coefficient (Wildman–Crippen LogP) is 31.8. The number of benzene rings is 18. The highest BCUT2D eigenvalue weighted by Crippen LogP contribution is 2.46. The summed E-state index contributed by atoms with van der Waals surface area (Å²) in [6.45, 7) is 0. The molecule has 0 N–H and O–H groups in total. The van der Waals surface area contributed by atoms with Crippen LogP contribution in [0, 0.1) is 0 Å². The van der Waals surface area contributed by atoms with Crippen molar-refractivity contribution in [3.05, 3.63) is 419 Å². The minimum atomic E-state index is 0.896. The van der Waals surface area contributed by atoms with E-state index >= 15 is 0 Å². The van der Waals surface area contributed by atoms with Crippen molar-refractivity contribution >= 4 is 173 Å². The van der Waals surface area contributed by atoms with Gasteiger partial charge in [0.1, 0.15) is 34.0 Å². The van der Waals surface area contributed by atoms with Crippen molar-refractivity contribution in [1.82, 2.24) is 33.2 Å². The molecule has 0 bridgehead atoms. The lowest BCUT2D eigenvalue weighted by Gasteiger charge is -2.13. The Morgan fingerprint density at radius 3 is 0.905 bits per heavy atom. The van der Waals surface area contributed by atoms with Gasteiger partial charge in [-0.15, -0.1) is 22.7 Å². The van der Waals surface area contributed by atoms with Crippen LogP contribution in [-0.4, -0.2) is 33.2 Å². The van der Waals surface area contributed by atoms with E-state index in [1.54, 1.807) is 0 Å². The van der Waals surface area contributed by atoms with Crippen molar-refractivity contribution in [3.8, 4) is 101 Å². The van der Waals surface area contributed by atoms with Gasteiger partial charge >= 0.3 is 0 Å².